The third-order valence-corrected chi connectivity index (χ3v) is 3.73. The molecular weight excluding hydrogens is 301 g/mol. The maximum atomic E-state index is 13.6. The Kier molecular flexibility index (Phi) is 6.10. The number of primary amides is 1. The maximum absolute atomic E-state index is 13.6. The molecule has 0 aliphatic heterocycles. The van der Waals surface area contributed by atoms with Crippen molar-refractivity contribution in [2.45, 2.75) is 4.90 Å². The summed E-state index contributed by atoms with van der Waals surface area (Å²) in [5, 5.41) is 10.7. The van der Waals surface area contributed by atoms with E-state index in [2.05, 4.69) is 21.9 Å². The van der Waals surface area contributed by atoms with Gasteiger partial charge in [-0.2, -0.15) is 0 Å². The minimum Gasteiger partial charge on any atom is -0.384 e. The molecule has 0 aliphatic carbocycles. The van der Waals surface area contributed by atoms with Crippen molar-refractivity contribution in [3.8, 4) is 11.8 Å². The zero-order valence-corrected chi connectivity index (χ0v) is 11.7. The number of aliphatic hydroxyl groups excluding tert-OH is 1. The van der Waals surface area contributed by atoms with E-state index in [-0.39, 0.29) is 23.5 Å². The predicted molar refractivity (Wildman–Crippen MR) is 73.1 cm³/mol. The van der Waals surface area contributed by atoms with Gasteiger partial charge in [0.1, 0.15) is 12.4 Å². The molecule has 5 N–H and O–H groups in total. The fourth-order valence-electron chi connectivity index (χ4n) is 1.35. The summed E-state index contributed by atoms with van der Waals surface area (Å²) in [4.78, 5) is 10.1. The Balaban J connectivity index is 2.79. The molecule has 0 heterocycles. The summed E-state index contributed by atoms with van der Waals surface area (Å²) in [7, 11) is -3.90. The van der Waals surface area contributed by atoms with Crippen LogP contribution in [0.3, 0.4) is 0 Å². The van der Waals surface area contributed by atoms with E-state index in [0.717, 1.165) is 6.07 Å². The van der Waals surface area contributed by atoms with Gasteiger partial charge >= 0.3 is 6.03 Å². The van der Waals surface area contributed by atoms with E-state index in [0.29, 0.717) is 0 Å². The first kappa shape index (κ1) is 16.9. The van der Waals surface area contributed by atoms with E-state index in [1.807, 2.05) is 0 Å². The number of amides is 2. The smallest absolute Gasteiger partial charge is 0.312 e. The molecule has 1 aromatic rings. The lowest BCUT2D eigenvalue weighted by Gasteiger charge is -2.07. The number of halogens is 1. The molecule has 21 heavy (non-hydrogen) atoms. The van der Waals surface area contributed by atoms with Crippen molar-refractivity contribution < 1.29 is 22.7 Å². The SMILES string of the molecule is NC(=O)NCCNS(=O)(=O)c1ccc(C#CCO)c(F)c1. The Morgan fingerprint density at radius 1 is 1.38 bits per heavy atom. The van der Waals surface area contributed by atoms with Crippen LogP contribution in [0.25, 0.3) is 0 Å². The molecular formula is C12H14FN3O4S. The Hall–Kier alpha value is -2.15. The second kappa shape index (κ2) is 7.58. The molecule has 0 unspecified atom stereocenters. The van der Waals surface area contributed by atoms with Crippen LogP contribution in [0.2, 0.25) is 0 Å². The normalized spacial score (nSPS) is 10.6. The van der Waals surface area contributed by atoms with E-state index < -0.39 is 28.5 Å². The van der Waals surface area contributed by atoms with Crippen molar-refractivity contribution in [2.75, 3.05) is 19.7 Å². The number of urea groups is 1. The van der Waals surface area contributed by atoms with Crippen molar-refractivity contribution in [3.63, 3.8) is 0 Å². The second-order valence-corrected chi connectivity index (χ2v) is 5.56. The first-order chi connectivity index (χ1) is 9.86. The largest absolute Gasteiger partial charge is 0.384 e. The molecule has 114 valence electrons. The Labute approximate surface area is 121 Å². The lowest BCUT2D eigenvalue weighted by molar-refractivity contribution is 0.249. The molecule has 1 aromatic carbocycles. The minimum atomic E-state index is -3.90. The molecule has 7 nitrogen and oxygen atoms in total. The van der Waals surface area contributed by atoms with Crippen LogP contribution in [0.5, 0.6) is 0 Å². The predicted octanol–water partition coefficient (Wildman–Crippen LogP) is -0.884. The third kappa shape index (κ3) is 5.39. The molecule has 0 fully saturated rings. The van der Waals surface area contributed by atoms with Crippen molar-refractivity contribution in [3.05, 3.63) is 29.6 Å². The van der Waals surface area contributed by atoms with Crippen LogP contribution in [-0.4, -0.2) is 39.3 Å². The van der Waals surface area contributed by atoms with E-state index in [4.69, 9.17) is 10.8 Å². The molecule has 0 radical (unpaired) electrons. The van der Waals surface area contributed by atoms with Gasteiger partial charge in [-0.25, -0.2) is 22.3 Å². The number of nitrogens with one attached hydrogen (secondary N) is 2. The average Bonchev–Trinajstić information content (AvgIpc) is 2.42. The fourth-order valence-corrected chi connectivity index (χ4v) is 2.40. The number of nitrogens with two attached hydrogens (primary N) is 1. The lowest BCUT2D eigenvalue weighted by atomic mass is 10.2. The summed E-state index contributed by atoms with van der Waals surface area (Å²) in [6, 6.07) is 2.44. The molecule has 9 heteroatoms. The van der Waals surface area contributed by atoms with Crippen LogP contribution >= 0.6 is 0 Å². The monoisotopic (exact) mass is 315 g/mol. The maximum Gasteiger partial charge on any atom is 0.312 e. The lowest BCUT2D eigenvalue weighted by Crippen LogP contribution is -2.37. The third-order valence-electron chi connectivity index (χ3n) is 2.27. The van der Waals surface area contributed by atoms with Crippen LogP contribution < -0.4 is 15.8 Å². The molecule has 1 rings (SSSR count). The molecule has 0 spiro atoms. The average molecular weight is 315 g/mol. The van der Waals surface area contributed by atoms with Gasteiger partial charge in [-0.15, -0.1) is 0 Å². The number of carbonyl (C=O) groups excluding carboxylic acids is 1. The topological polar surface area (TPSA) is 122 Å². The Morgan fingerprint density at radius 2 is 2.10 bits per heavy atom. The molecule has 0 saturated heterocycles. The van der Waals surface area contributed by atoms with E-state index in [1.54, 1.807) is 0 Å². The van der Waals surface area contributed by atoms with Crippen molar-refractivity contribution in [2.24, 2.45) is 5.73 Å². The summed E-state index contributed by atoms with van der Waals surface area (Å²) < 4.78 is 39.5. The van der Waals surface area contributed by atoms with E-state index >= 15 is 0 Å². The first-order valence-electron chi connectivity index (χ1n) is 5.79. The van der Waals surface area contributed by atoms with Gasteiger partial charge in [-0.3, -0.25) is 0 Å². The molecule has 0 aliphatic rings. The van der Waals surface area contributed by atoms with E-state index in [9.17, 15) is 17.6 Å². The van der Waals surface area contributed by atoms with Crippen molar-refractivity contribution >= 4 is 16.1 Å². The van der Waals surface area contributed by atoms with Crippen LogP contribution in [0, 0.1) is 17.7 Å². The van der Waals surface area contributed by atoms with Crippen LogP contribution in [0.4, 0.5) is 9.18 Å². The summed E-state index contributed by atoms with van der Waals surface area (Å²) in [5.41, 5.74) is 4.81. The van der Waals surface area contributed by atoms with Gasteiger partial charge in [0.15, 0.2) is 0 Å². The van der Waals surface area contributed by atoms with Crippen LogP contribution in [0.15, 0.2) is 23.1 Å². The van der Waals surface area contributed by atoms with E-state index in [1.165, 1.54) is 12.1 Å². The van der Waals surface area contributed by atoms with Gasteiger partial charge in [0.25, 0.3) is 0 Å². The van der Waals surface area contributed by atoms with Crippen molar-refractivity contribution in [1.82, 2.24) is 10.0 Å². The number of benzene rings is 1. The quantitative estimate of drug-likeness (QED) is 0.416. The highest BCUT2D eigenvalue weighted by atomic mass is 32.2. The number of carbonyl (C=O) groups is 1. The molecule has 2 amide bonds. The van der Waals surface area contributed by atoms with Crippen molar-refractivity contribution in [1.29, 1.82) is 0 Å². The minimum absolute atomic E-state index is 0.0110. The van der Waals surface area contributed by atoms with Gasteiger partial charge in [0.05, 0.1) is 10.5 Å². The number of aliphatic hydroxyl groups is 1. The van der Waals surface area contributed by atoms with Crippen LogP contribution in [0.1, 0.15) is 5.56 Å². The van der Waals surface area contributed by atoms with Gasteiger partial charge in [-0.1, -0.05) is 11.8 Å². The number of hydrogen-bond donors (Lipinski definition) is 4. The Morgan fingerprint density at radius 3 is 2.67 bits per heavy atom. The number of sulfonamides is 1. The van der Waals surface area contributed by atoms with Gasteiger partial charge in [-0.05, 0) is 18.2 Å². The Bertz CT molecular complexity index is 679. The summed E-state index contributed by atoms with van der Waals surface area (Å²) >= 11 is 0. The van der Waals surface area contributed by atoms with Crippen LogP contribution in [-0.2, 0) is 10.0 Å². The standard InChI is InChI=1S/C12H14FN3O4S/c13-11-8-10(4-3-9(11)2-1-7-17)21(19,20)16-6-5-15-12(14)18/h3-4,8,16-17H,5-7H2,(H3,14,15,18). The number of rotatable bonds is 5. The molecule has 0 saturated carbocycles. The van der Waals surface area contributed by atoms with Gasteiger partial charge in [0, 0.05) is 13.1 Å². The highest BCUT2D eigenvalue weighted by Crippen LogP contribution is 2.14. The molecule has 0 aromatic heterocycles. The first-order valence-corrected chi connectivity index (χ1v) is 7.27. The number of hydrogen-bond acceptors (Lipinski definition) is 4. The second-order valence-electron chi connectivity index (χ2n) is 3.79. The fraction of sp³-hybridized carbons (Fsp3) is 0.250. The zero-order valence-electron chi connectivity index (χ0n) is 10.9. The highest BCUT2D eigenvalue weighted by molar-refractivity contribution is 7.89. The van der Waals surface area contributed by atoms with Gasteiger partial charge in [0.2, 0.25) is 10.0 Å². The molecule has 0 atom stereocenters. The summed E-state index contributed by atoms with van der Waals surface area (Å²) in [6.07, 6.45) is 0. The summed E-state index contributed by atoms with van der Waals surface area (Å²) in [5.74, 6) is 3.81. The van der Waals surface area contributed by atoms with Gasteiger partial charge < -0.3 is 16.2 Å². The highest BCUT2D eigenvalue weighted by Gasteiger charge is 2.15. The zero-order chi connectivity index (χ0) is 15.9. The molecule has 0 bridgehead atoms. The summed E-state index contributed by atoms with van der Waals surface area (Å²) in [6.45, 7) is -0.496.